The first-order valence-electron chi connectivity index (χ1n) is 6.88. The molecular weight excluding hydrogens is 288 g/mol. The Hall–Kier alpha value is -0.500. The third-order valence-electron chi connectivity index (χ3n) is 4.46. The first-order chi connectivity index (χ1) is 8.47. The van der Waals surface area contributed by atoms with Gasteiger partial charge in [0, 0.05) is 10.2 Å². The molecule has 3 unspecified atom stereocenters. The Morgan fingerprint density at radius 3 is 2.39 bits per heavy atom. The molecule has 0 aromatic heterocycles. The van der Waals surface area contributed by atoms with Crippen LogP contribution in [0.5, 0.6) is 5.75 Å². The highest BCUT2D eigenvalue weighted by molar-refractivity contribution is 9.09. The molecule has 0 amide bonds. The van der Waals surface area contributed by atoms with Crippen molar-refractivity contribution in [1.29, 1.82) is 0 Å². The van der Waals surface area contributed by atoms with Gasteiger partial charge in [-0.05, 0) is 36.5 Å². The normalized spacial score (nSPS) is 31.2. The molecule has 0 radical (unpaired) electrons. The maximum absolute atomic E-state index is 6.13. The average Bonchev–Trinajstić information content (AvgIpc) is 2.38. The molecule has 2 rings (SSSR count). The van der Waals surface area contributed by atoms with Crippen molar-refractivity contribution in [1.82, 2.24) is 0 Å². The summed E-state index contributed by atoms with van der Waals surface area (Å²) >= 11 is 3.75. The molecule has 1 nitrogen and oxygen atoms in total. The van der Waals surface area contributed by atoms with E-state index in [2.05, 4.69) is 67.9 Å². The van der Waals surface area contributed by atoms with Crippen LogP contribution in [0.3, 0.4) is 0 Å². The third kappa shape index (κ3) is 2.45. The number of rotatable bonds is 4. The molecule has 1 aliphatic rings. The summed E-state index contributed by atoms with van der Waals surface area (Å²) in [5, 5.41) is 0. The van der Waals surface area contributed by atoms with Crippen molar-refractivity contribution in [2.24, 2.45) is 5.41 Å². The van der Waals surface area contributed by atoms with Gasteiger partial charge in [-0.1, -0.05) is 55.8 Å². The largest absolute Gasteiger partial charge is 0.490 e. The highest BCUT2D eigenvalue weighted by Crippen LogP contribution is 2.50. The van der Waals surface area contributed by atoms with Crippen LogP contribution in [-0.2, 0) is 0 Å². The zero-order chi connectivity index (χ0) is 13.3. The van der Waals surface area contributed by atoms with Gasteiger partial charge in [0.2, 0.25) is 0 Å². The summed E-state index contributed by atoms with van der Waals surface area (Å²) in [7, 11) is 0. The van der Waals surface area contributed by atoms with Gasteiger partial charge in [0.05, 0.1) is 0 Å². The predicted molar refractivity (Wildman–Crippen MR) is 80.7 cm³/mol. The topological polar surface area (TPSA) is 9.23 Å². The number of hydrogen-bond donors (Lipinski definition) is 0. The van der Waals surface area contributed by atoms with E-state index < -0.39 is 0 Å². The first kappa shape index (κ1) is 13.9. The minimum absolute atomic E-state index is 0.275. The van der Waals surface area contributed by atoms with Crippen LogP contribution < -0.4 is 4.74 Å². The fourth-order valence-corrected chi connectivity index (χ4v) is 3.45. The second kappa shape index (κ2) is 5.24. The highest BCUT2D eigenvalue weighted by Gasteiger charge is 2.50. The molecular formula is C16H23BrO. The van der Waals surface area contributed by atoms with Crippen LogP contribution in [0.1, 0.15) is 52.0 Å². The van der Waals surface area contributed by atoms with Crippen molar-refractivity contribution in [3.05, 3.63) is 29.8 Å². The summed E-state index contributed by atoms with van der Waals surface area (Å²) < 4.78 is 6.13. The minimum Gasteiger partial charge on any atom is -0.490 e. The fourth-order valence-electron chi connectivity index (χ4n) is 2.50. The minimum atomic E-state index is 0.275. The molecule has 3 atom stereocenters. The number of ether oxygens (including phenoxy) is 1. The van der Waals surface area contributed by atoms with Gasteiger partial charge < -0.3 is 4.74 Å². The summed E-state index contributed by atoms with van der Waals surface area (Å²) in [6.45, 7) is 8.98. The molecule has 1 saturated carbocycles. The molecule has 2 heteroatoms. The number of halogens is 1. The van der Waals surface area contributed by atoms with E-state index in [1.165, 1.54) is 5.56 Å². The van der Waals surface area contributed by atoms with Crippen LogP contribution in [0.4, 0.5) is 0 Å². The monoisotopic (exact) mass is 310 g/mol. The van der Waals surface area contributed by atoms with Gasteiger partial charge in [-0.25, -0.2) is 0 Å². The molecule has 1 fully saturated rings. The van der Waals surface area contributed by atoms with E-state index in [1.807, 2.05) is 0 Å². The summed E-state index contributed by atoms with van der Waals surface area (Å²) in [5.41, 5.74) is 1.64. The first-order valence-corrected chi connectivity index (χ1v) is 7.79. The Morgan fingerprint density at radius 1 is 1.33 bits per heavy atom. The Labute approximate surface area is 119 Å². The van der Waals surface area contributed by atoms with E-state index in [-0.39, 0.29) is 5.41 Å². The van der Waals surface area contributed by atoms with Crippen molar-refractivity contribution >= 4 is 15.9 Å². The lowest BCUT2D eigenvalue weighted by atomic mass is 9.65. The zero-order valence-corrected chi connectivity index (χ0v) is 13.3. The van der Waals surface area contributed by atoms with E-state index in [9.17, 15) is 0 Å². The van der Waals surface area contributed by atoms with Crippen LogP contribution in [0.15, 0.2) is 24.3 Å². The van der Waals surface area contributed by atoms with E-state index in [0.29, 0.717) is 16.8 Å². The van der Waals surface area contributed by atoms with Gasteiger partial charge in [-0.15, -0.1) is 0 Å². The Bertz CT molecular complexity index is 398. The van der Waals surface area contributed by atoms with E-state index in [4.69, 9.17) is 4.74 Å². The van der Waals surface area contributed by atoms with E-state index in [1.54, 1.807) is 0 Å². The fraction of sp³-hybridized carbons (Fsp3) is 0.625. The molecule has 1 aliphatic carbocycles. The molecule has 1 aromatic carbocycles. The lowest BCUT2D eigenvalue weighted by molar-refractivity contribution is -0.0243. The van der Waals surface area contributed by atoms with Gasteiger partial charge in [0.1, 0.15) is 11.9 Å². The molecule has 0 heterocycles. The van der Waals surface area contributed by atoms with Crippen molar-refractivity contribution in [3.63, 3.8) is 0 Å². The SMILES string of the molecule is CCC1(C)C(Br)CC1Oc1ccc(C(C)C)cc1. The molecule has 0 saturated heterocycles. The Morgan fingerprint density at radius 2 is 1.94 bits per heavy atom. The summed E-state index contributed by atoms with van der Waals surface area (Å²) in [6, 6.07) is 8.56. The predicted octanol–water partition coefficient (Wildman–Crippen LogP) is 5.14. The maximum atomic E-state index is 6.13. The van der Waals surface area contributed by atoms with Gasteiger partial charge in [-0.2, -0.15) is 0 Å². The number of alkyl halides is 1. The molecule has 0 spiro atoms. The second-order valence-corrected chi connectivity index (χ2v) is 7.00. The third-order valence-corrected chi connectivity index (χ3v) is 5.88. The standard InChI is InChI=1S/C16H23BrO/c1-5-16(4)14(17)10-15(16)18-13-8-6-12(7-9-13)11(2)3/h6-9,11,14-15H,5,10H2,1-4H3. The lowest BCUT2D eigenvalue weighted by Gasteiger charge is -2.50. The molecule has 0 bridgehead atoms. The summed E-state index contributed by atoms with van der Waals surface area (Å²) in [5.74, 6) is 1.58. The molecule has 100 valence electrons. The van der Waals surface area contributed by atoms with E-state index >= 15 is 0 Å². The second-order valence-electron chi connectivity index (χ2n) is 5.89. The molecule has 18 heavy (non-hydrogen) atoms. The van der Waals surface area contributed by atoms with Gasteiger partial charge >= 0.3 is 0 Å². The van der Waals surface area contributed by atoms with Crippen molar-refractivity contribution in [2.75, 3.05) is 0 Å². The van der Waals surface area contributed by atoms with Crippen LogP contribution in [-0.4, -0.2) is 10.9 Å². The van der Waals surface area contributed by atoms with Crippen LogP contribution in [0.25, 0.3) is 0 Å². The average molecular weight is 311 g/mol. The molecule has 1 aromatic rings. The van der Waals surface area contributed by atoms with Gasteiger partial charge in [0.15, 0.2) is 0 Å². The van der Waals surface area contributed by atoms with Crippen LogP contribution >= 0.6 is 15.9 Å². The Kier molecular flexibility index (Phi) is 4.05. The number of benzene rings is 1. The zero-order valence-electron chi connectivity index (χ0n) is 11.7. The summed E-state index contributed by atoms with van der Waals surface area (Å²) in [4.78, 5) is 0.593. The quantitative estimate of drug-likeness (QED) is 0.700. The highest BCUT2D eigenvalue weighted by atomic mass is 79.9. The van der Waals surface area contributed by atoms with E-state index in [0.717, 1.165) is 18.6 Å². The number of hydrogen-bond acceptors (Lipinski definition) is 1. The summed E-state index contributed by atoms with van der Waals surface area (Å²) in [6.07, 6.45) is 2.60. The van der Waals surface area contributed by atoms with Crippen molar-refractivity contribution < 1.29 is 4.74 Å². The molecule has 0 aliphatic heterocycles. The molecule has 0 N–H and O–H groups in total. The maximum Gasteiger partial charge on any atom is 0.119 e. The Balaban J connectivity index is 2.02. The van der Waals surface area contributed by atoms with Crippen LogP contribution in [0.2, 0.25) is 0 Å². The van der Waals surface area contributed by atoms with Gasteiger partial charge in [0.25, 0.3) is 0 Å². The van der Waals surface area contributed by atoms with Crippen molar-refractivity contribution in [3.8, 4) is 5.75 Å². The van der Waals surface area contributed by atoms with Gasteiger partial charge in [-0.3, -0.25) is 0 Å². The lowest BCUT2D eigenvalue weighted by Crippen LogP contribution is -2.54. The smallest absolute Gasteiger partial charge is 0.119 e. The van der Waals surface area contributed by atoms with Crippen LogP contribution in [0, 0.1) is 5.41 Å². The van der Waals surface area contributed by atoms with Crippen molar-refractivity contribution in [2.45, 2.75) is 57.4 Å².